The third kappa shape index (κ3) is 3.30. The number of para-hydroxylation sites is 2. The predicted molar refractivity (Wildman–Crippen MR) is 110 cm³/mol. The van der Waals surface area contributed by atoms with Crippen molar-refractivity contribution < 1.29 is 4.79 Å². The van der Waals surface area contributed by atoms with Gasteiger partial charge in [0.05, 0.1) is 22.6 Å². The van der Waals surface area contributed by atoms with Crippen LogP contribution in [0, 0.1) is 0 Å². The van der Waals surface area contributed by atoms with Crippen LogP contribution in [0.25, 0.3) is 16.6 Å². The minimum absolute atomic E-state index is 0.120. The Morgan fingerprint density at radius 1 is 0.893 bits per heavy atom. The number of fused-ring (bicyclic) bond motifs is 1. The van der Waals surface area contributed by atoms with E-state index in [1.54, 1.807) is 16.8 Å². The van der Waals surface area contributed by atoms with Crippen molar-refractivity contribution in [2.75, 3.05) is 0 Å². The fourth-order valence-electron chi connectivity index (χ4n) is 3.18. The number of amides is 1. The first-order chi connectivity index (χ1) is 13.6. The lowest BCUT2D eigenvalue weighted by molar-refractivity contribution is 0.0932. The van der Waals surface area contributed by atoms with Crippen LogP contribution < -0.4 is 10.7 Å². The summed E-state index contributed by atoms with van der Waals surface area (Å²) < 4.78 is 1.64. The summed E-state index contributed by atoms with van der Waals surface area (Å²) in [5.74, 6) is -0.489. The number of aromatic nitrogens is 2. The number of carbonyl (C=O) groups excluding carboxylic acids is 1. The van der Waals surface area contributed by atoms with E-state index in [4.69, 9.17) is 0 Å². The normalized spacial score (nSPS) is 11.9. The molecule has 4 aromatic rings. The molecular weight excluding hydrogens is 350 g/mol. The second-order valence-electron chi connectivity index (χ2n) is 6.55. The molecule has 0 saturated carbocycles. The van der Waals surface area contributed by atoms with Gasteiger partial charge in [0.1, 0.15) is 0 Å². The Kier molecular flexibility index (Phi) is 4.72. The first kappa shape index (κ1) is 17.7. The Bertz CT molecular complexity index is 1180. The first-order valence-corrected chi connectivity index (χ1v) is 9.08. The molecular formula is C23H19N3O2. The lowest BCUT2D eigenvalue weighted by atomic mass is 10.1. The number of hydrogen-bond donors (Lipinski definition) is 1. The van der Waals surface area contributed by atoms with E-state index in [0.29, 0.717) is 10.9 Å². The van der Waals surface area contributed by atoms with Crippen LogP contribution in [0.4, 0.5) is 0 Å². The van der Waals surface area contributed by atoms with E-state index >= 15 is 0 Å². The van der Waals surface area contributed by atoms with E-state index in [0.717, 1.165) is 11.3 Å². The number of carbonyl (C=O) groups is 1. The lowest BCUT2D eigenvalue weighted by Crippen LogP contribution is -2.33. The van der Waals surface area contributed by atoms with Crippen molar-refractivity contribution in [3.05, 3.63) is 106 Å². The van der Waals surface area contributed by atoms with E-state index in [9.17, 15) is 9.59 Å². The summed E-state index contributed by atoms with van der Waals surface area (Å²) >= 11 is 0. The van der Waals surface area contributed by atoms with Gasteiger partial charge in [0, 0.05) is 0 Å². The fraction of sp³-hybridized carbons (Fsp3) is 0.0870. The quantitative estimate of drug-likeness (QED) is 0.594. The summed E-state index contributed by atoms with van der Waals surface area (Å²) in [4.78, 5) is 25.8. The second-order valence-corrected chi connectivity index (χ2v) is 6.55. The maximum absolute atomic E-state index is 12.9. The molecule has 1 aromatic heterocycles. The van der Waals surface area contributed by atoms with Crippen molar-refractivity contribution in [1.29, 1.82) is 0 Å². The standard InChI is InChI=1S/C23H19N3O2/c1-16(17-10-4-2-5-11-17)24-23(28)21-22(27)19-14-8-9-15-20(19)26(25-21)18-12-6-3-7-13-18/h2-16H,1H3,(H,24,28)/t16-/m0/s1. The van der Waals surface area contributed by atoms with Crippen LogP contribution in [0.15, 0.2) is 89.7 Å². The molecule has 138 valence electrons. The van der Waals surface area contributed by atoms with Crippen molar-refractivity contribution in [3.63, 3.8) is 0 Å². The van der Waals surface area contributed by atoms with Gasteiger partial charge in [-0.1, -0.05) is 60.7 Å². The zero-order valence-corrected chi connectivity index (χ0v) is 15.4. The summed E-state index contributed by atoms with van der Waals surface area (Å²) in [6.07, 6.45) is 0. The Morgan fingerprint density at radius 2 is 1.50 bits per heavy atom. The fourth-order valence-corrected chi connectivity index (χ4v) is 3.18. The van der Waals surface area contributed by atoms with Gasteiger partial charge in [-0.05, 0) is 36.8 Å². The Labute approximate surface area is 162 Å². The summed E-state index contributed by atoms with van der Waals surface area (Å²) in [5, 5.41) is 7.75. The highest BCUT2D eigenvalue weighted by atomic mass is 16.2. The van der Waals surface area contributed by atoms with Crippen LogP contribution >= 0.6 is 0 Å². The van der Waals surface area contributed by atoms with Gasteiger partial charge in [0.15, 0.2) is 5.69 Å². The molecule has 0 unspecified atom stereocenters. The molecule has 0 bridgehead atoms. The van der Waals surface area contributed by atoms with Crippen LogP contribution in [-0.2, 0) is 0 Å². The molecule has 1 amide bonds. The second kappa shape index (κ2) is 7.48. The molecule has 1 atom stereocenters. The smallest absolute Gasteiger partial charge is 0.276 e. The van der Waals surface area contributed by atoms with Gasteiger partial charge in [-0.25, -0.2) is 4.68 Å². The Morgan fingerprint density at radius 3 is 2.21 bits per heavy atom. The highest BCUT2D eigenvalue weighted by Gasteiger charge is 2.20. The lowest BCUT2D eigenvalue weighted by Gasteiger charge is -2.15. The third-order valence-corrected chi connectivity index (χ3v) is 4.65. The maximum atomic E-state index is 12.9. The van der Waals surface area contributed by atoms with Crippen LogP contribution in [0.3, 0.4) is 0 Å². The summed E-state index contributed by atoms with van der Waals surface area (Å²) in [5.41, 5.74) is 1.90. The van der Waals surface area contributed by atoms with Crippen molar-refractivity contribution in [1.82, 2.24) is 15.1 Å². The summed E-state index contributed by atoms with van der Waals surface area (Å²) in [7, 11) is 0. The molecule has 5 heteroatoms. The number of benzene rings is 3. The van der Waals surface area contributed by atoms with E-state index in [2.05, 4.69) is 10.4 Å². The maximum Gasteiger partial charge on any atom is 0.276 e. The largest absolute Gasteiger partial charge is 0.344 e. The average molecular weight is 369 g/mol. The zero-order chi connectivity index (χ0) is 19.5. The van der Waals surface area contributed by atoms with Gasteiger partial charge in [0.25, 0.3) is 5.91 Å². The van der Waals surface area contributed by atoms with E-state index in [1.165, 1.54) is 0 Å². The highest BCUT2D eigenvalue weighted by Crippen LogP contribution is 2.16. The van der Waals surface area contributed by atoms with E-state index in [-0.39, 0.29) is 17.2 Å². The monoisotopic (exact) mass is 369 g/mol. The van der Waals surface area contributed by atoms with E-state index < -0.39 is 5.91 Å². The van der Waals surface area contributed by atoms with Crippen LogP contribution in [0.2, 0.25) is 0 Å². The highest BCUT2D eigenvalue weighted by molar-refractivity contribution is 5.95. The molecule has 28 heavy (non-hydrogen) atoms. The van der Waals surface area contributed by atoms with Crippen molar-refractivity contribution in [2.45, 2.75) is 13.0 Å². The number of nitrogens with one attached hydrogen (secondary N) is 1. The topological polar surface area (TPSA) is 64.0 Å². The molecule has 5 nitrogen and oxygen atoms in total. The molecule has 0 aliphatic rings. The SMILES string of the molecule is C[C@H](NC(=O)c1nn(-c2ccccc2)c2ccccc2c1=O)c1ccccc1. The molecule has 4 rings (SSSR count). The molecule has 0 spiro atoms. The third-order valence-electron chi connectivity index (χ3n) is 4.65. The van der Waals surface area contributed by atoms with Crippen molar-refractivity contribution in [3.8, 4) is 5.69 Å². The van der Waals surface area contributed by atoms with Gasteiger partial charge in [-0.15, -0.1) is 0 Å². The van der Waals surface area contributed by atoms with Crippen molar-refractivity contribution in [2.24, 2.45) is 0 Å². The number of rotatable bonds is 4. The van der Waals surface area contributed by atoms with Crippen LogP contribution in [0.5, 0.6) is 0 Å². The van der Waals surface area contributed by atoms with Gasteiger partial charge >= 0.3 is 0 Å². The molecule has 0 aliphatic heterocycles. The van der Waals surface area contributed by atoms with Crippen LogP contribution in [-0.4, -0.2) is 15.7 Å². The molecule has 3 aromatic carbocycles. The molecule has 0 fully saturated rings. The first-order valence-electron chi connectivity index (χ1n) is 9.08. The van der Waals surface area contributed by atoms with E-state index in [1.807, 2.05) is 79.7 Å². The van der Waals surface area contributed by atoms with Gasteiger partial charge in [-0.2, -0.15) is 5.10 Å². The van der Waals surface area contributed by atoms with Gasteiger partial charge in [-0.3, -0.25) is 9.59 Å². The van der Waals surface area contributed by atoms with Gasteiger partial charge in [0.2, 0.25) is 5.43 Å². The molecule has 0 aliphatic carbocycles. The Balaban J connectivity index is 1.80. The summed E-state index contributed by atoms with van der Waals surface area (Å²) in [6.45, 7) is 1.88. The Hall–Kier alpha value is -3.73. The number of nitrogens with zero attached hydrogens (tertiary/aromatic N) is 2. The predicted octanol–water partition coefficient (Wildman–Crippen LogP) is 3.88. The minimum Gasteiger partial charge on any atom is -0.344 e. The number of hydrogen-bond acceptors (Lipinski definition) is 3. The molecule has 1 N–H and O–H groups in total. The molecule has 1 heterocycles. The zero-order valence-electron chi connectivity index (χ0n) is 15.4. The minimum atomic E-state index is -0.489. The van der Waals surface area contributed by atoms with Crippen LogP contribution in [0.1, 0.15) is 29.0 Å². The summed E-state index contributed by atoms with van der Waals surface area (Å²) in [6, 6.07) is 26.0. The van der Waals surface area contributed by atoms with Crippen molar-refractivity contribution >= 4 is 16.8 Å². The molecule has 0 saturated heterocycles. The molecule has 0 radical (unpaired) electrons. The van der Waals surface area contributed by atoms with Gasteiger partial charge < -0.3 is 5.32 Å². The average Bonchev–Trinajstić information content (AvgIpc) is 2.75.